The highest BCUT2D eigenvalue weighted by atomic mass is 16.4. The molecule has 0 radical (unpaired) electrons. The second-order valence-electron chi connectivity index (χ2n) is 12.0. The van der Waals surface area contributed by atoms with Crippen LogP contribution in [0, 0.1) is 0 Å². The molecule has 0 spiro atoms. The van der Waals surface area contributed by atoms with Crippen molar-refractivity contribution < 1.29 is 8.83 Å². The molecule has 0 atom stereocenters. The Morgan fingerprint density at radius 3 is 1.70 bits per heavy atom. The highest BCUT2D eigenvalue weighted by Crippen LogP contribution is 2.47. The largest absolute Gasteiger partial charge is 0.460 e. The molecule has 2 heterocycles. The zero-order chi connectivity index (χ0) is 30.2. The predicted molar refractivity (Wildman–Crippen MR) is 192 cm³/mol. The highest BCUT2D eigenvalue weighted by Gasteiger charge is 2.22. The molecule has 8 aromatic carbocycles. The second kappa shape index (κ2) is 9.69. The summed E-state index contributed by atoms with van der Waals surface area (Å²) in [5.74, 6) is 0. The summed E-state index contributed by atoms with van der Waals surface area (Å²) in [7, 11) is 0. The van der Waals surface area contributed by atoms with Gasteiger partial charge in [-0.05, 0) is 67.2 Å². The Bertz CT molecular complexity index is 2740. The van der Waals surface area contributed by atoms with E-state index >= 15 is 0 Å². The van der Waals surface area contributed by atoms with Crippen LogP contribution in [0.2, 0.25) is 0 Å². The lowest BCUT2D eigenvalue weighted by Crippen LogP contribution is -1.91. The molecule has 0 N–H and O–H groups in total. The van der Waals surface area contributed by atoms with Gasteiger partial charge >= 0.3 is 0 Å². The number of benzene rings is 8. The van der Waals surface area contributed by atoms with Gasteiger partial charge in [-0.3, -0.25) is 0 Å². The number of para-hydroxylation sites is 1. The maximum absolute atomic E-state index is 6.87. The lowest BCUT2D eigenvalue weighted by atomic mass is 9.85. The molecule has 2 heteroatoms. The third-order valence-corrected chi connectivity index (χ3v) is 9.53. The van der Waals surface area contributed by atoms with Crippen molar-refractivity contribution in [2.24, 2.45) is 0 Å². The fourth-order valence-electron chi connectivity index (χ4n) is 7.46. The van der Waals surface area contributed by atoms with Crippen molar-refractivity contribution >= 4 is 65.2 Å². The van der Waals surface area contributed by atoms with Crippen LogP contribution in [-0.4, -0.2) is 0 Å². The van der Waals surface area contributed by atoms with Crippen molar-refractivity contribution in [1.82, 2.24) is 0 Å². The van der Waals surface area contributed by atoms with Gasteiger partial charge in [0.2, 0.25) is 0 Å². The Kier molecular flexibility index (Phi) is 5.31. The van der Waals surface area contributed by atoms with E-state index in [1.807, 2.05) is 12.3 Å². The molecular formula is C44H26O2. The molecule has 214 valence electrons. The number of fused-ring (bicyclic) bond motifs is 8. The molecular weight excluding hydrogens is 560 g/mol. The molecule has 10 rings (SSSR count). The van der Waals surface area contributed by atoms with E-state index in [1.54, 1.807) is 0 Å². The maximum Gasteiger partial charge on any atom is 0.178 e. The fraction of sp³-hybridized carbons (Fsp3) is 0. The lowest BCUT2D eigenvalue weighted by molar-refractivity contribution is 0.601. The molecule has 0 bridgehead atoms. The monoisotopic (exact) mass is 586 g/mol. The molecule has 0 saturated carbocycles. The van der Waals surface area contributed by atoms with E-state index in [0.29, 0.717) is 0 Å². The van der Waals surface area contributed by atoms with Gasteiger partial charge in [-0.1, -0.05) is 133 Å². The summed E-state index contributed by atoms with van der Waals surface area (Å²) in [6.07, 6.45) is 1.85. The molecule has 10 aromatic rings. The first kappa shape index (κ1) is 25.2. The first-order valence-corrected chi connectivity index (χ1v) is 15.7. The van der Waals surface area contributed by atoms with Crippen LogP contribution in [0.5, 0.6) is 0 Å². The van der Waals surface area contributed by atoms with Gasteiger partial charge in [-0.15, -0.1) is 0 Å². The van der Waals surface area contributed by atoms with Crippen LogP contribution in [0.25, 0.3) is 98.6 Å². The van der Waals surface area contributed by atoms with E-state index in [-0.39, 0.29) is 0 Å². The Labute approximate surface area is 264 Å². The fourth-order valence-corrected chi connectivity index (χ4v) is 7.46. The average molecular weight is 587 g/mol. The first-order valence-electron chi connectivity index (χ1n) is 15.7. The van der Waals surface area contributed by atoms with Crippen molar-refractivity contribution in [3.8, 4) is 33.4 Å². The van der Waals surface area contributed by atoms with Crippen LogP contribution in [0.1, 0.15) is 0 Å². The first-order chi connectivity index (χ1) is 22.8. The zero-order valence-corrected chi connectivity index (χ0v) is 24.8. The predicted octanol–water partition coefficient (Wildman–Crippen LogP) is 12.8. The van der Waals surface area contributed by atoms with E-state index in [2.05, 4.69) is 146 Å². The van der Waals surface area contributed by atoms with Crippen LogP contribution in [0.4, 0.5) is 0 Å². The van der Waals surface area contributed by atoms with Crippen molar-refractivity contribution in [3.63, 3.8) is 0 Å². The molecule has 0 aliphatic heterocycles. The molecule has 2 nitrogen and oxygen atoms in total. The Balaban J connectivity index is 1.28. The number of furan rings is 2. The summed E-state index contributed by atoms with van der Waals surface area (Å²) in [6.45, 7) is 0. The minimum absolute atomic E-state index is 0.778. The molecule has 0 aliphatic rings. The van der Waals surface area contributed by atoms with Crippen molar-refractivity contribution in [1.29, 1.82) is 0 Å². The molecule has 0 saturated heterocycles. The molecule has 2 aromatic heterocycles. The van der Waals surface area contributed by atoms with Gasteiger partial charge in [0.05, 0.1) is 6.26 Å². The van der Waals surface area contributed by atoms with E-state index in [1.165, 1.54) is 49.0 Å². The minimum atomic E-state index is 0.778. The summed E-state index contributed by atoms with van der Waals surface area (Å²) in [5, 5.41) is 10.5. The van der Waals surface area contributed by atoms with E-state index in [9.17, 15) is 0 Å². The molecule has 0 aliphatic carbocycles. The summed E-state index contributed by atoms with van der Waals surface area (Å²) >= 11 is 0. The summed E-state index contributed by atoms with van der Waals surface area (Å²) in [6, 6.07) is 54.2. The third-order valence-electron chi connectivity index (χ3n) is 9.53. The van der Waals surface area contributed by atoms with Crippen LogP contribution in [0.3, 0.4) is 0 Å². The zero-order valence-electron chi connectivity index (χ0n) is 24.8. The smallest absolute Gasteiger partial charge is 0.178 e. The topological polar surface area (TPSA) is 26.3 Å². The van der Waals surface area contributed by atoms with E-state index < -0.39 is 0 Å². The third kappa shape index (κ3) is 3.59. The number of rotatable bonds is 3. The van der Waals surface area contributed by atoms with Crippen LogP contribution in [0.15, 0.2) is 167 Å². The van der Waals surface area contributed by atoms with E-state index in [0.717, 1.165) is 49.6 Å². The molecule has 0 amide bonds. The van der Waals surface area contributed by atoms with Gasteiger partial charge < -0.3 is 8.83 Å². The van der Waals surface area contributed by atoms with Crippen molar-refractivity contribution in [3.05, 3.63) is 158 Å². The summed E-state index contributed by atoms with van der Waals surface area (Å²) < 4.78 is 13.1. The van der Waals surface area contributed by atoms with Gasteiger partial charge in [-0.25, -0.2) is 0 Å². The Morgan fingerprint density at radius 2 is 0.935 bits per heavy atom. The van der Waals surface area contributed by atoms with Crippen LogP contribution >= 0.6 is 0 Å². The van der Waals surface area contributed by atoms with Gasteiger partial charge in [0, 0.05) is 32.8 Å². The SMILES string of the molecule is c1ccc(-c2coc3c2ccc2c4cccc(-c5c6ccccc6c(-c6ccc7ccccc7c6)c6ccccc56)c4oc23)cc1. The minimum Gasteiger partial charge on any atom is -0.460 e. The van der Waals surface area contributed by atoms with Crippen LogP contribution < -0.4 is 0 Å². The van der Waals surface area contributed by atoms with Gasteiger partial charge in [0.1, 0.15) is 5.58 Å². The second-order valence-corrected chi connectivity index (χ2v) is 12.0. The van der Waals surface area contributed by atoms with Gasteiger partial charge in [0.25, 0.3) is 0 Å². The number of hydrogen-bond donors (Lipinski definition) is 0. The van der Waals surface area contributed by atoms with Gasteiger partial charge in [0.15, 0.2) is 11.2 Å². The summed E-state index contributed by atoms with van der Waals surface area (Å²) in [5.41, 5.74) is 9.36. The standard InChI is InChI=1S/C44H26O2/c1-2-12-28(13-3-1)39-26-45-43-37(39)24-23-36-35-19-10-20-38(42(35)46-44(36)43)41-33-17-8-6-15-31(33)40(32-16-7-9-18-34(32)41)30-22-21-27-11-4-5-14-29(27)25-30/h1-26H. The maximum atomic E-state index is 6.87. The van der Waals surface area contributed by atoms with Gasteiger partial charge in [-0.2, -0.15) is 0 Å². The van der Waals surface area contributed by atoms with Crippen molar-refractivity contribution in [2.75, 3.05) is 0 Å². The average Bonchev–Trinajstić information content (AvgIpc) is 3.73. The van der Waals surface area contributed by atoms with Crippen molar-refractivity contribution in [2.45, 2.75) is 0 Å². The number of hydrogen-bond acceptors (Lipinski definition) is 2. The Hall–Kier alpha value is -6.12. The quantitative estimate of drug-likeness (QED) is 0.193. The highest BCUT2D eigenvalue weighted by molar-refractivity contribution is 6.25. The van der Waals surface area contributed by atoms with E-state index in [4.69, 9.17) is 8.83 Å². The Morgan fingerprint density at radius 1 is 0.326 bits per heavy atom. The lowest BCUT2D eigenvalue weighted by Gasteiger charge is -2.18. The van der Waals surface area contributed by atoms with Crippen LogP contribution in [-0.2, 0) is 0 Å². The summed E-state index contributed by atoms with van der Waals surface area (Å²) in [4.78, 5) is 0. The molecule has 46 heavy (non-hydrogen) atoms. The normalized spacial score (nSPS) is 11.9. The molecule has 0 unspecified atom stereocenters. The molecule has 0 fully saturated rings.